The molecule has 1 aromatic carbocycles. The Kier molecular flexibility index (Phi) is 4.85. The molecule has 0 radical (unpaired) electrons. The summed E-state index contributed by atoms with van der Waals surface area (Å²) in [6.07, 6.45) is 1.49. The van der Waals surface area contributed by atoms with E-state index in [0.29, 0.717) is 22.5 Å². The molecule has 1 N–H and O–H groups in total. The quantitative estimate of drug-likeness (QED) is 0.327. The summed E-state index contributed by atoms with van der Waals surface area (Å²) in [4.78, 5) is 35.9. The number of hydrogen-bond acceptors (Lipinski definition) is 6. The van der Waals surface area contributed by atoms with Crippen LogP contribution in [0.15, 0.2) is 35.6 Å². The van der Waals surface area contributed by atoms with Gasteiger partial charge in [-0.3, -0.25) is 4.79 Å². The number of thioether (sulfide) groups is 1. The summed E-state index contributed by atoms with van der Waals surface area (Å²) in [7, 11) is 1.33. The highest BCUT2D eigenvalue weighted by atomic mass is 32.2. The number of Topliss-reactive ketones (excluding diaryl/α,β-unsaturated/α-hetero) is 1. The van der Waals surface area contributed by atoms with E-state index < -0.39 is 5.97 Å². The van der Waals surface area contributed by atoms with Gasteiger partial charge in [0.05, 0.1) is 29.6 Å². The molecule has 0 amide bonds. The van der Waals surface area contributed by atoms with Crippen LogP contribution in [0.2, 0.25) is 0 Å². The smallest absolute Gasteiger partial charge is 0.339 e. The summed E-state index contributed by atoms with van der Waals surface area (Å²) in [6, 6.07) is 7.67. The molecule has 0 spiro atoms. The first-order chi connectivity index (χ1) is 12.0. The maximum absolute atomic E-state index is 12.6. The number of hydrogen-bond donors (Lipinski definition) is 1. The van der Waals surface area contributed by atoms with Gasteiger partial charge in [-0.2, -0.15) is 0 Å². The fourth-order valence-corrected chi connectivity index (χ4v) is 3.60. The van der Waals surface area contributed by atoms with Gasteiger partial charge in [-0.15, -0.1) is 0 Å². The molecule has 2 heterocycles. The van der Waals surface area contributed by atoms with E-state index in [1.165, 1.54) is 25.2 Å². The van der Waals surface area contributed by atoms with Gasteiger partial charge < -0.3 is 9.72 Å². The number of aryl methyl sites for hydroxylation is 1. The Morgan fingerprint density at radius 1 is 1.20 bits per heavy atom. The molecular weight excluding hydrogens is 338 g/mol. The highest BCUT2D eigenvalue weighted by molar-refractivity contribution is 8.00. The van der Waals surface area contributed by atoms with Crippen LogP contribution in [-0.2, 0) is 4.74 Å². The number of carbonyl (C=O) groups is 2. The zero-order chi connectivity index (χ0) is 18.0. The second kappa shape index (κ2) is 7.06. The van der Waals surface area contributed by atoms with Crippen molar-refractivity contribution in [3.63, 3.8) is 0 Å². The number of benzene rings is 1. The number of aromatic amines is 1. The number of esters is 1. The summed E-state index contributed by atoms with van der Waals surface area (Å²) in [5, 5.41) is 1.67. The van der Waals surface area contributed by atoms with Crippen molar-refractivity contribution < 1.29 is 14.3 Å². The maximum atomic E-state index is 12.6. The fraction of sp³-hybridized carbons (Fsp3) is 0.222. The Morgan fingerprint density at radius 2 is 1.96 bits per heavy atom. The van der Waals surface area contributed by atoms with Gasteiger partial charge in [-0.1, -0.05) is 30.0 Å². The summed E-state index contributed by atoms with van der Waals surface area (Å²) in [5.74, 6) is -0.328. The lowest BCUT2D eigenvalue weighted by Gasteiger charge is -2.04. The van der Waals surface area contributed by atoms with E-state index in [4.69, 9.17) is 4.74 Å². The van der Waals surface area contributed by atoms with Gasteiger partial charge in [0, 0.05) is 11.1 Å². The van der Waals surface area contributed by atoms with Crippen molar-refractivity contribution in [3.05, 3.63) is 53.1 Å². The van der Waals surface area contributed by atoms with Crippen LogP contribution in [0.1, 0.15) is 32.1 Å². The van der Waals surface area contributed by atoms with Crippen molar-refractivity contribution in [2.24, 2.45) is 0 Å². The highest BCUT2D eigenvalue weighted by Gasteiger charge is 2.22. The molecule has 0 unspecified atom stereocenters. The minimum Gasteiger partial charge on any atom is -0.465 e. The molecule has 0 atom stereocenters. The number of fused-ring (bicyclic) bond motifs is 1. The molecule has 0 bridgehead atoms. The van der Waals surface area contributed by atoms with Crippen LogP contribution in [0.5, 0.6) is 0 Å². The third-order valence-electron chi connectivity index (χ3n) is 3.95. The van der Waals surface area contributed by atoms with E-state index in [0.717, 1.165) is 15.9 Å². The number of carbonyl (C=O) groups excluding carboxylic acids is 2. The van der Waals surface area contributed by atoms with Crippen molar-refractivity contribution in [1.82, 2.24) is 15.0 Å². The van der Waals surface area contributed by atoms with E-state index in [1.54, 1.807) is 13.8 Å². The molecule has 6 nitrogen and oxygen atoms in total. The standard InChI is InChI=1S/C18H17N3O3S/c1-10-15(18(23)24-3)11(2)21-16(10)14(22)8-25-17-12-6-4-5-7-13(12)19-9-20-17/h4-7,9,21H,8H2,1-3H3. The van der Waals surface area contributed by atoms with Crippen LogP contribution in [0.4, 0.5) is 0 Å². The van der Waals surface area contributed by atoms with Crippen LogP contribution in [-0.4, -0.2) is 39.6 Å². The Hall–Kier alpha value is -2.67. The van der Waals surface area contributed by atoms with E-state index in [1.807, 2.05) is 24.3 Å². The minimum absolute atomic E-state index is 0.0940. The maximum Gasteiger partial charge on any atom is 0.339 e. The highest BCUT2D eigenvalue weighted by Crippen LogP contribution is 2.26. The van der Waals surface area contributed by atoms with Gasteiger partial charge in [0.25, 0.3) is 0 Å². The number of H-pyrrole nitrogens is 1. The van der Waals surface area contributed by atoms with E-state index in [2.05, 4.69) is 15.0 Å². The normalized spacial score (nSPS) is 10.8. The number of ether oxygens (including phenoxy) is 1. The zero-order valence-electron chi connectivity index (χ0n) is 14.1. The van der Waals surface area contributed by atoms with Gasteiger partial charge in [0.2, 0.25) is 0 Å². The molecule has 0 aliphatic heterocycles. The summed E-state index contributed by atoms with van der Waals surface area (Å²) >= 11 is 1.35. The Labute approximate surface area is 149 Å². The monoisotopic (exact) mass is 355 g/mol. The second-order valence-corrected chi connectivity index (χ2v) is 6.49. The van der Waals surface area contributed by atoms with E-state index >= 15 is 0 Å². The molecule has 7 heteroatoms. The number of rotatable bonds is 5. The third kappa shape index (κ3) is 3.28. The zero-order valence-corrected chi connectivity index (χ0v) is 14.9. The number of methoxy groups -OCH3 is 1. The molecule has 0 aliphatic carbocycles. The molecule has 0 fully saturated rings. The number of ketones is 1. The lowest BCUT2D eigenvalue weighted by atomic mass is 10.1. The molecule has 128 valence electrons. The van der Waals surface area contributed by atoms with Crippen LogP contribution in [0.25, 0.3) is 10.9 Å². The van der Waals surface area contributed by atoms with Crippen LogP contribution in [0.3, 0.4) is 0 Å². The van der Waals surface area contributed by atoms with E-state index in [9.17, 15) is 9.59 Å². The van der Waals surface area contributed by atoms with E-state index in [-0.39, 0.29) is 11.5 Å². The SMILES string of the molecule is COC(=O)c1c(C)[nH]c(C(=O)CSc2ncnc3ccccc23)c1C. The average molecular weight is 355 g/mol. The summed E-state index contributed by atoms with van der Waals surface area (Å²) in [6.45, 7) is 3.49. The van der Waals surface area contributed by atoms with Crippen molar-refractivity contribution >= 4 is 34.4 Å². The second-order valence-electron chi connectivity index (χ2n) is 5.52. The predicted octanol–water partition coefficient (Wildman–Crippen LogP) is 3.34. The van der Waals surface area contributed by atoms with Gasteiger partial charge >= 0.3 is 5.97 Å². The van der Waals surface area contributed by atoms with Crippen molar-refractivity contribution in [2.45, 2.75) is 18.9 Å². The predicted molar refractivity (Wildman–Crippen MR) is 96.2 cm³/mol. The van der Waals surface area contributed by atoms with Gasteiger partial charge in [0.15, 0.2) is 5.78 Å². The van der Waals surface area contributed by atoms with Crippen LogP contribution in [0, 0.1) is 13.8 Å². The largest absolute Gasteiger partial charge is 0.465 e. The molecule has 2 aromatic heterocycles. The molecular formula is C18H17N3O3S. The average Bonchev–Trinajstić information content (AvgIpc) is 2.93. The lowest BCUT2D eigenvalue weighted by Crippen LogP contribution is -2.07. The molecule has 0 saturated heterocycles. The van der Waals surface area contributed by atoms with Crippen molar-refractivity contribution in [2.75, 3.05) is 12.9 Å². The van der Waals surface area contributed by atoms with Crippen molar-refractivity contribution in [3.8, 4) is 0 Å². The Bertz CT molecular complexity index is 960. The third-order valence-corrected chi connectivity index (χ3v) is 4.96. The van der Waals surface area contributed by atoms with Crippen LogP contribution < -0.4 is 0 Å². The van der Waals surface area contributed by atoms with Gasteiger partial charge in [-0.25, -0.2) is 14.8 Å². The fourth-order valence-electron chi connectivity index (χ4n) is 2.74. The molecule has 0 saturated carbocycles. The first kappa shape index (κ1) is 17.2. The number of para-hydroxylation sites is 1. The number of nitrogens with zero attached hydrogens (tertiary/aromatic N) is 2. The van der Waals surface area contributed by atoms with Crippen LogP contribution >= 0.6 is 11.8 Å². The van der Waals surface area contributed by atoms with Gasteiger partial charge in [0.1, 0.15) is 11.4 Å². The Morgan fingerprint density at radius 3 is 2.72 bits per heavy atom. The first-order valence-electron chi connectivity index (χ1n) is 7.66. The Balaban J connectivity index is 1.82. The number of aromatic nitrogens is 3. The van der Waals surface area contributed by atoms with Gasteiger partial charge in [-0.05, 0) is 25.5 Å². The molecule has 3 aromatic rings. The molecule has 3 rings (SSSR count). The van der Waals surface area contributed by atoms with Crippen molar-refractivity contribution in [1.29, 1.82) is 0 Å². The first-order valence-corrected chi connectivity index (χ1v) is 8.64. The minimum atomic E-state index is -0.445. The summed E-state index contributed by atoms with van der Waals surface area (Å²) < 4.78 is 4.78. The number of nitrogens with one attached hydrogen (secondary N) is 1. The molecule has 25 heavy (non-hydrogen) atoms. The summed E-state index contributed by atoms with van der Waals surface area (Å²) in [5.41, 5.74) is 2.94. The lowest BCUT2D eigenvalue weighted by molar-refractivity contribution is 0.0599. The topological polar surface area (TPSA) is 84.9 Å². The molecule has 0 aliphatic rings.